The van der Waals surface area contributed by atoms with Crippen LogP contribution in [0, 0.1) is 6.92 Å². The Bertz CT molecular complexity index is 1250. The zero-order valence-corrected chi connectivity index (χ0v) is 19.7. The van der Waals surface area contributed by atoms with Crippen molar-refractivity contribution in [2.24, 2.45) is 0 Å². The maximum Gasteiger partial charge on any atom is 0.261 e. The van der Waals surface area contributed by atoms with Gasteiger partial charge in [0.25, 0.3) is 17.7 Å². The van der Waals surface area contributed by atoms with Crippen molar-refractivity contribution in [2.45, 2.75) is 50.0 Å². The lowest BCUT2D eigenvalue weighted by molar-refractivity contribution is 0.0548. The number of carbonyl (C=O) groups is 3. The molecule has 9 heteroatoms. The first-order valence-electron chi connectivity index (χ1n) is 11.0. The van der Waals surface area contributed by atoms with Gasteiger partial charge in [-0.2, -0.15) is 0 Å². The number of benzene rings is 2. The number of hydrogen-bond donors (Lipinski definition) is 1. The van der Waals surface area contributed by atoms with Gasteiger partial charge < -0.3 is 5.32 Å². The minimum atomic E-state index is -3.67. The molecule has 0 unspecified atom stereocenters. The minimum absolute atomic E-state index is 0.0898. The Kier molecular flexibility index (Phi) is 6.11. The van der Waals surface area contributed by atoms with Gasteiger partial charge in [-0.25, -0.2) is 12.7 Å². The number of rotatable bonds is 5. The molecular weight excluding hydrogens is 442 g/mol. The summed E-state index contributed by atoms with van der Waals surface area (Å²) in [5.41, 5.74) is 1.65. The van der Waals surface area contributed by atoms with Gasteiger partial charge in [-0.3, -0.25) is 19.3 Å². The lowest BCUT2D eigenvalue weighted by atomic mass is 9.94. The second kappa shape index (κ2) is 8.72. The van der Waals surface area contributed by atoms with E-state index < -0.39 is 15.9 Å². The maximum atomic E-state index is 13.0. The van der Waals surface area contributed by atoms with Crippen molar-refractivity contribution in [2.75, 3.05) is 19.4 Å². The Labute approximate surface area is 193 Å². The minimum Gasteiger partial charge on any atom is -0.322 e. The average molecular weight is 470 g/mol. The number of imide groups is 1. The standard InChI is InChI=1S/C24H27N3O5S/c1-15-9-11-17(14-21(15)33(31,32)26(2)3)25-22(28)16-10-12-19-20(13-16)24(30)27(23(19)29)18-7-5-4-6-8-18/h9-14,18H,4-8H2,1-3H3,(H,25,28). The summed E-state index contributed by atoms with van der Waals surface area (Å²) in [4.78, 5) is 40.2. The van der Waals surface area contributed by atoms with Crippen LogP contribution in [-0.4, -0.2) is 55.5 Å². The highest BCUT2D eigenvalue weighted by Gasteiger charge is 2.40. The molecule has 1 aliphatic carbocycles. The lowest BCUT2D eigenvalue weighted by Gasteiger charge is -2.29. The fourth-order valence-electron chi connectivity index (χ4n) is 4.43. The molecule has 1 aliphatic heterocycles. The van der Waals surface area contributed by atoms with Crippen molar-refractivity contribution in [1.82, 2.24) is 9.21 Å². The van der Waals surface area contributed by atoms with Crippen LogP contribution in [0.25, 0.3) is 0 Å². The van der Waals surface area contributed by atoms with Gasteiger partial charge >= 0.3 is 0 Å². The largest absolute Gasteiger partial charge is 0.322 e. The number of sulfonamides is 1. The molecule has 0 aromatic heterocycles. The van der Waals surface area contributed by atoms with Gasteiger partial charge in [-0.05, 0) is 55.7 Å². The van der Waals surface area contributed by atoms with Crippen LogP contribution in [0.3, 0.4) is 0 Å². The number of amides is 3. The summed E-state index contributed by atoms with van der Waals surface area (Å²) >= 11 is 0. The monoisotopic (exact) mass is 469 g/mol. The molecule has 0 atom stereocenters. The van der Waals surface area contributed by atoms with Crippen molar-refractivity contribution in [1.29, 1.82) is 0 Å². The second-order valence-electron chi connectivity index (χ2n) is 8.75. The van der Waals surface area contributed by atoms with Crippen LogP contribution in [0.1, 0.15) is 68.7 Å². The number of aryl methyl sites for hydroxylation is 1. The molecule has 174 valence electrons. The highest BCUT2D eigenvalue weighted by Crippen LogP contribution is 2.32. The van der Waals surface area contributed by atoms with E-state index in [0.717, 1.165) is 36.4 Å². The Hall–Kier alpha value is -3.04. The van der Waals surface area contributed by atoms with Crippen LogP contribution < -0.4 is 5.32 Å². The van der Waals surface area contributed by atoms with Crippen molar-refractivity contribution < 1.29 is 22.8 Å². The van der Waals surface area contributed by atoms with E-state index in [1.165, 1.54) is 43.3 Å². The van der Waals surface area contributed by atoms with Crippen LogP contribution >= 0.6 is 0 Å². The van der Waals surface area contributed by atoms with E-state index >= 15 is 0 Å². The fourth-order valence-corrected chi connectivity index (χ4v) is 5.57. The molecule has 2 aromatic rings. The van der Waals surface area contributed by atoms with E-state index in [2.05, 4.69) is 5.32 Å². The summed E-state index contributed by atoms with van der Waals surface area (Å²) in [6, 6.07) is 9.04. The summed E-state index contributed by atoms with van der Waals surface area (Å²) in [5.74, 6) is -1.15. The molecule has 0 spiro atoms. The van der Waals surface area contributed by atoms with Gasteiger partial charge in [0.1, 0.15) is 0 Å². The van der Waals surface area contributed by atoms with Gasteiger partial charge in [-0.15, -0.1) is 0 Å². The number of carbonyl (C=O) groups excluding carboxylic acids is 3. The second-order valence-corrected chi connectivity index (χ2v) is 10.9. The molecule has 1 saturated carbocycles. The fraction of sp³-hybridized carbons (Fsp3) is 0.375. The van der Waals surface area contributed by atoms with E-state index in [0.29, 0.717) is 16.8 Å². The Morgan fingerprint density at radius 1 is 0.970 bits per heavy atom. The number of hydrogen-bond acceptors (Lipinski definition) is 5. The molecule has 0 saturated heterocycles. The zero-order valence-electron chi connectivity index (χ0n) is 18.9. The molecule has 1 fully saturated rings. The number of nitrogens with zero attached hydrogens (tertiary/aromatic N) is 2. The molecule has 2 aromatic carbocycles. The van der Waals surface area contributed by atoms with E-state index in [4.69, 9.17) is 0 Å². The molecule has 3 amide bonds. The molecule has 1 heterocycles. The Morgan fingerprint density at radius 2 is 1.64 bits per heavy atom. The van der Waals surface area contributed by atoms with Crippen molar-refractivity contribution in [3.8, 4) is 0 Å². The Morgan fingerprint density at radius 3 is 2.30 bits per heavy atom. The molecular formula is C24H27N3O5S. The number of nitrogens with one attached hydrogen (secondary N) is 1. The summed E-state index contributed by atoms with van der Waals surface area (Å²) < 4.78 is 26.2. The number of fused-ring (bicyclic) bond motifs is 1. The summed E-state index contributed by atoms with van der Waals surface area (Å²) in [7, 11) is -0.787. The highest BCUT2D eigenvalue weighted by molar-refractivity contribution is 7.89. The van der Waals surface area contributed by atoms with Crippen LogP contribution in [-0.2, 0) is 10.0 Å². The summed E-state index contributed by atoms with van der Waals surface area (Å²) in [6.45, 7) is 1.68. The van der Waals surface area contributed by atoms with E-state index in [1.807, 2.05) is 0 Å². The molecule has 2 aliphatic rings. The topological polar surface area (TPSA) is 104 Å². The van der Waals surface area contributed by atoms with Gasteiger partial charge in [0.2, 0.25) is 10.0 Å². The van der Waals surface area contributed by atoms with Crippen molar-refractivity contribution in [3.63, 3.8) is 0 Å². The first-order chi connectivity index (χ1) is 15.6. The van der Waals surface area contributed by atoms with Gasteiger partial charge in [0, 0.05) is 31.4 Å². The zero-order chi connectivity index (χ0) is 23.9. The molecule has 0 bridgehead atoms. The quantitative estimate of drug-likeness (QED) is 0.676. The van der Waals surface area contributed by atoms with E-state index in [9.17, 15) is 22.8 Å². The summed E-state index contributed by atoms with van der Waals surface area (Å²) in [5, 5.41) is 2.70. The first-order valence-corrected chi connectivity index (χ1v) is 12.4. The average Bonchev–Trinajstić information content (AvgIpc) is 3.04. The SMILES string of the molecule is Cc1ccc(NC(=O)c2ccc3c(c2)C(=O)N(C2CCCCC2)C3=O)cc1S(=O)(=O)N(C)C. The third-order valence-electron chi connectivity index (χ3n) is 6.32. The molecule has 0 radical (unpaired) electrons. The maximum absolute atomic E-state index is 13.0. The van der Waals surface area contributed by atoms with Gasteiger partial charge in [-0.1, -0.05) is 25.3 Å². The summed E-state index contributed by atoms with van der Waals surface area (Å²) in [6.07, 6.45) is 4.72. The van der Waals surface area contributed by atoms with Crippen LogP contribution in [0.5, 0.6) is 0 Å². The van der Waals surface area contributed by atoms with Crippen LogP contribution in [0.2, 0.25) is 0 Å². The first kappa shape index (κ1) is 23.1. The molecule has 33 heavy (non-hydrogen) atoms. The highest BCUT2D eigenvalue weighted by atomic mass is 32.2. The van der Waals surface area contributed by atoms with Gasteiger partial charge in [0.05, 0.1) is 16.0 Å². The molecule has 4 rings (SSSR count). The predicted octanol–water partition coefficient (Wildman–Crippen LogP) is 3.43. The smallest absolute Gasteiger partial charge is 0.261 e. The predicted molar refractivity (Wildman–Crippen MR) is 124 cm³/mol. The number of anilines is 1. The van der Waals surface area contributed by atoms with Crippen molar-refractivity contribution >= 4 is 33.4 Å². The Balaban J connectivity index is 1.58. The van der Waals surface area contributed by atoms with Crippen molar-refractivity contribution in [3.05, 3.63) is 58.7 Å². The molecule has 8 nitrogen and oxygen atoms in total. The van der Waals surface area contributed by atoms with Crippen LogP contribution in [0.15, 0.2) is 41.3 Å². The third kappa shape index (κ3) is 4.18. The van der Waals surface area contributed by atoms with E-state index in [1.54, 1.807) is 19.1 Å². The van der Waals surface area contributed by atoms with Gasteiger partial charge in [0.15, 0.2) is 0 Å². The van der Waals surface area contributed by atoms with E-state index in [-0.39, 0.29) is 33.9 Å². The van der Waals surface area contributed by atoms with Crippen LogP contribution in [0.4, 0.5) is 5.69 Å². The molecule has 1 N–H and O–H groups in total. The lowest BCUT2D eigenvalue weighted by Crippen LogP contribution is -2.40. The third-order valence-corrected chi connectivity index (χ3v) is 8.28. The normalized spacial score (nSPS) is 16.9.